The Hall–Kier alpha value is -4.46. The Morgan fingerprint density at radius 3 is 2.65 bits per heavy atom. The maximum atomic E-state index is 14.0. The second kappa shape index (κ2) is 12.8. The van der Waals surface area contributed by atoms with Gasteiger partial charge in [0.2, 0.25) is 5.95 Å². The number of carbonyl (C=O) groups excluding carboxylic acids is 1. The van der Waals surface area contributed by atoms with Gasteiger partial charge >= 0.3 is 12.0 Å². The molecule has 0 radical (unpaired) electrons. The Bertz CT molecular complexity index is 1550. The monoisotopic (exact) mass is 588 g/mol. The van der Waals surface area contributed by atoms with Gasteiger partial charge in [0.1, 0.15) is 17.6 Å². The summed E-state index contributed by atoms with van der Waals surface area (Å²) in [5, 5.41) is 12.5. The van der Waals surface area contributed by atoms with Crippen LogP contribution in [0, 0.1) is 18.8 Å². The number of methoxy groups -OCH3 is 1. The molecular weight excluding hydrogens is 555 g/mol. The molecule has 2 amide bonds. The molecule has 4 aromatic rings. The van der Waals surface area contributed by atoms with Crippen molar-refractivity contribution in [3.05, 3.63) is 78.1 Å². The topological polar surface area (TPSA) is 129 Å². The van der Waals surface area contributed by atoms with Crippen LogP contribution in [0.4, 0.5) is 15.0 Å². The number of anilines is 1. The molecular formula is C30H33FN8O4. The minimum Gasteiger partial charge on any atom is -0.463 e. The number of rotatable bonds is 11. The summed E-state index contributed by atoms with van der Waals surface area (Å²) in [6, 6.07) is 11.9. The van der Waals surface area contributed by atoms with Gasteiger partial charge in [-0.3, -0.25) is 10.2 Å². The lowest BCUT2D eigenvalue weighted by molar-refractivity contribution is -0.154. The van der Waals surface area contributed by atoms with Crippen LogP contribution in [0.1, 0.15) is 30.1 Å². The smallest absolute Gasteiger partial charge is 0.320 e. The van der Waals surface area contributed by atoms with Crippen molar-refractivity contribution in [1.29, 1.82) is 0 Å². The third kappa shape index (κ3) is 6.79. The van der Waals surface area contributed by atoms with Gasteiger partial charge in [-0.2, -0.15) is 14.6 Å². The first-order chi connectivity index (χ1) is 21.0. The quantitative estimate of drug-likeness (QED) is 0.249. The van der Waals surface area contributed by atoms with Crippen LogP contribution in [0.5, 0.6) is 6.01 Å². The minimum absolute atomic E-state index is 0.329. The number of halogens is 1. The van der Waals surface area contributed by atoms with E-state index in [9.17, 15) is 9.18 Å². The van der Waals surface area contributed by atoms with Gasteiger partial charge in [0, 0.05) is 49.9 Å². The third-order valence-corrected chi connectivity index (χ3v) is 7.37. The molecule has 1 aliphatic heterocycles. The summed E-state index contributed by atoms with van der Waals surface area (Å²) < 4.78 is 26.5. The molecule has 1 saturated carbocycles. The fraction of sp³-hybridized carbons (Fsp3) is 0.367. The first-order valence-electron chi connectivity index (χ1n) is 14.2. The van der Waals surface area contributed by atoms with Gasteiger partial charge in [0.15, 0.2) is 0 Å². The van der Waals surface area contributed by atoms with Crippen molar-refractivity contribution in [2.75, 3.05) is 38.7 Å². The number of hydrogen-bond acceptors (Lipinski definition) is 9. The highest BCUT2D eigenvalue weighted by Gasteiger charge is 2.37. The fourth-order valence-electron chi connectivity index (χ4n) is 4.91. The summed E-state index contributed by atoms with van der Waals surface area (Å²) >= 11 is 0. The normalized spacial score (nSPS) is 18.5. The molecule has 43 heavy (non-hydrogen) atoms. The third-order valence-electron chi connectivity index (χ3n) is 7.37. The SMILES string of the molecule is COCCN1C[C@@H](NC(=O)Nc2c(C)c(-c3cnc(OCC4CC4)nc3)nn2-c2ccccc2)[C@H](c2ccnc(F)c2)O1. The largest absolute Gasteiger partial charge is 0.463 e. The number of hydroxylamine groups is 2. The zero-order valence-corrected chi connectivity index (χ0v) is 23.9. The van der Waals surface area contributed by atoms with Crippen LogP contribution in [-0.4, -0.2) is 75.3 Å². The molecule has 2 aliphatic rings. The molecule has 13 heteroatoms. The number of benzene rings is 1. The number of ether oxygens (including phenoxy) is 2. The van der Waals surface area contributed by atoms with E-state index in [1.165, 1.54) is 25.1 Å². The number of hydrogen-bond donors (Lipinski definition) is 2. The first-order valence-corrected chi connectivity index (χ1v) is 14.2. The molecule has 3 aromatic heterocycles. The number of amides is 2. The predicted octanol–water partition coefficient (Wildman–Crippen LogP) is 4.09. The van der Waals surface area contributed by atoms with E-state index in [-0.39, 0.29) is 0 Å². The summed E-state index contributed by atoms with van der Waals surface area (Å²) in [4.78, 5) is 31.9. The number of nitrogens with one attached hydrogen (secondary N) is 2. The molecule has 4 heterocycles. The van der Waals surface area contributed by atoms with E-state index in [1.54, 1.807) is 35.3 Å². The molecule has 1 aromatic carbocycles. The molecule has 12 nitrogen and oxygen atoms in total. The highest BCUT2D eigenvalue weighted by Crippen LogP contribution is 2.32. The van der Waals surface area contributed by atoms with E-state index in [1.807, 2.05) is 37.3 Å². The van der Waals surface area contributed by atoms with Crippen LogP contribution in [-0.2, 0) is 9.57 Å². The van der Waals surface area contributed by atoms with Crippen LogP contribution >= 0.6 is 0 Å². The van der Waals surface area contributed by atoms with Gasteiger partial charge in [0.25, 0.3) is 0 Å². The fourth-order valence-corrected chi connectivity index (χ4v) is 4.91. The van der Waals surface area contributed by atoms with Crippen LogP contribution in [0.2, 0.25) is 0 Å². The standard InChI is InChI=1S/C30H33FN8O4/c1-19-26(22-15-33-30(34-16-22)42-18-20-8-9-20)37-39(23-6-4-3-5-7-23)28(19)36-29(40)35-24-17-38(12-13-41-2)43-27(24)21-10-11-32-25(31)14-21/h3-7,10-11,14-16,20,24,27H,8-9,12-13,17-18H2,1-2H3,(H2,35,36,40)/t24-,27+/m1/s1. The van der Waals surface area contributed by atoms with Gasteiger partial charge in [-0.15, -0.1) is 0 Å². The average molecular weight is 589 g/mol. The molecule has 0 bridgehead atoms. The molecule has 224 valence electrons. The number of para-hydroxylation sites is 1. The van der Waals surface area contributed by atoms with Crippen molar-refractivity contribution in [3.8, 4) is 23.0 Å². The first kappa shape index (κ1) is 28.6. The van der Waals surface area contributed by atoms with E-state index < -0.39 is 24.1 Å². The molecule has 6 rings (SSSR count). The summed E-state index contributed by atoms with van der Waals surface area (Å²) in [6.45, 7) is 3.79. The van der Waals surface area contributed by atoms with Crippen LogP contribution in [0.15, 0.2) is 61.1 Å². The molecule has 2 N–H and O–H groups in total. The van der Waals surface area contributed by atoms with Crippen LogP contribution in [0.25, 0.3) is 16.9 Å². The lowest BCUT2D eigenvalue weighted by atomic mass is 10.0. The highest BCUT2D eigenvalue weighted by molar-refractivity contribution is 5.91. The van der Waals surface area contributed by atoms with Gasteiger partial charge < -0.3 is 14.8 Å². The minimum atomic E-state index is -0.624. The second-order valence-corrected chi connectivity index (χ2v) is 10.6. The molecule has 1 aliphatic carbocycles. The number of urea groups is 1. The molecule has 2 atom stereocenters. The molecule has 2 fully saturated rings. The highest BCUT2D eigenvalue weighted by atomic mass is 19.1. The maximum Gasteiger partial charge on any atom is 0.320 e. The average Bonchev–Trinajstić information content (AvgIpc) is 3.69. The van der Waals surface area contributed by atoms with Crippen molar-refractivity contribution in [3.63, 3.8) is 0 Å². The second-order valence-electron chi connectivity index (χ2n) is 10.6. The van der Waals surface area contributed by atoms with Gasteiger partial charge in [-0.25, -0.2) is 24.4 Å². The van der Waals surface area contributed by atoms with Crippen LogP contribution < -0.4 is 15.4 Å². The van der Waals surface area contributed by atoms with Gasteiger partial charge in [0.05, 0.1) is 24.9 Å². The van der Waals surface area contributed by atoms with Crippen molar-refractivity contribution < 1.29 is 23.5 Å². The Kier molecular flexibility index (Phi) is 8.54. The molecule has 0 unspecified atom stereocenters. The van der Waals surface area contributed by atoms with E-state index >= 15 is 0 Å². The van der Waals surface area contributed by atoms with E-state index in [0.29, 0.717) is 60.9 Å². The van der Waals surface area contributed by atoms with Crippen molar-refractivity contribution in [2.45, 2.75) is 31.9 Å². The molecule has 1 saturated heterocycles. The Balaban J connectivity index is 1.24. The Morgan fingerprint density at radius 1 is 1.14 bits per heavy atom. The lowest BCUT2D eigenvalue weighted by Crippen LogP contribution is -2.42. The van der Waals surface area contributed by atoms with Gasteiger partial charge in [-0.05, 0) is 55.5 Å². The van der Waals surface area contributed by atoms with Crippen molar-refractivity contribution in [1.82, 2.24) is 35.1 Å². The van der Waals surface area contributed by atoms with Crippen molar-refractivity contribution >= 4 is 11.8 Å². The summed E-state index contributed by atoms with van der Waals surface area (Å²) in [7, 11) is 1.60. The maximum absolute atomic E-state index is 14.0. The van der Waals surface area contributed by atoms with E-state index in [0.717, 1.165) is 11.3 Å². The molecule has 0 spiro atoms. The number of pyridine rings is 1. The Morgan fingerprint density at radius 2 is 1.93 bits per heavy atom. The summed E-state index contributed by atoms with van der Waals surface area (Å²) in [5.41, 5.74) is 3.36. The van der Waals surface area contributed by atoms with Crippen LogP contribution in [0.3, 0.4) is 0 Å². The summed E-state index contributed by atoms with van der Waals surface area (Å²) in [6.07, 6.45) is 6.47. The summed E-state index contributed by atoms with van der Waals surface area (Å²) in [5.74, 6) is 0.452. The van der Waals surface area contributed by atoms with E-state index in [2.05, 4.69) is 25.6 Å². The zero-order chi connectivity index (χ0) is 29.8. The predicted molar refractivity (Wildman–Crippen MR) is 155 cm³/mol. The number of aromatic nitrogens is 5. The number of carbonyl (C=O) groups is 1. The zero-order valence-electron chi connectivity index (χ0n) is 23.9. The van der Waals surface area contributed by atoms with Crippen molar-refractivity contribution in [2.24, 2.45) is 5.92 Å². The number of nitrogens with zero attached hydrogens (tertiary/aromatic N) is 6. The van der Waals surface area contributed by atoms with Gasteiger partial charge in [-0.1, -0.05) is 18.2 Å². The van der Waals surface area contributed by atoms with E-state index in [4.69, 9.17) is 19.4 Å². The Labute approximate surface area is 248 Å². The lowest BCUT2D eigenvalue weighted by Gasteiger charge is -2.19.